The van der Waals surface area contributed by atoms with Crippen LogP contribution in [-0.2, 0) is 4.79 Å². The zero-order valence-electron chi connectivity index (χ0n) is 17.1. The highest BCUT2D eigenvalue weighted by molar-refractivity contribution is 5.91. The molecule has 1 aromatic heterocycles. The molecule has 0 bridgehead atoms. The van der Waals surface area contributed by atoms with Crippen molar-refractivity contribution >= 4 is 30.7 Å². The molecule has 0 saturated heterocycles. The first kappa shape index (κ1) is 22.4. The van der Waals surface area contributed by atoms with Crippen molar-refractivity contribution in [2.45, 2.75) is 41.5 Å². The molecule has 1 atom stereocenters. The van der Waals surface area contributed by atoms with Crippen LogP contribution in [0.2, 0.25) is 0 Å². The van der Waals surface area contributed by atoms with Crippen LogP contribution in [0.25, 0.3) is 18.9 Å². The quantitative estimate of drug-likeness (QED) is 0.731. The predicted molar refractivity (Wildman–Crippen MR) is 113 cm³/mol. The number of imidazole rings is 1. The lowest BCUT2D eigenvalue weighted by molar-refractivity contribution is -0.120. The fourth-order valence-electron chi connectivity index (χ4n) is 2.15. The van der Waals surface area contributed by atoms with Crippen molar-refractivity contribution in [1.29, 1.82) is 0 Å². The molecule has 27 heavy (non-hydrogen) atoms. The number of nitrogens with zero attached hydrogens (tertiary/aromatic N) is 2. The van der Waals surface area contributed by atoms with Crippen molar-refractivity contribution in [1.82, 2.24) is 9.55 Å². The molecular formula is C22H30FN3O. The Morgan fingerprint density at radius 2 is 1.96 bits per heavy atom. The standard InChI is InChI=1S/C22H30FN3O/c1-8-11-19(23)12-10-13-26-20(14-16(5)9-2)18(7)24-22(26)25-21(27)17(6)15(3)4/h8-15,17H,7H2,1-6H3,(H,24,25,27)/b11-8-,13-10+,16-9-,19-12+,20-14+/t17-/m0/s1. The fraction of sp³-hybridized carbons (Fsp3) is 0.364. The molecule has 0 aliphatic rings. The van der Waals surface area contributed by atoms with Gasteiger partial charge in [0, 0.05) is 12.1 Å². The lowest BCUT2D eigenvalue weighted by Crippen LogP contribution is -2.28. The third kappa shape index (κ3) is 6.51. The minimum Gasteiger partial charge on any atom is -0.295 e. The zero-order chi connectivity index (χ0) is 20.6. The lowest BCUT2D eigenvalue weighted by Gasteiger charge is -2.15. The summed E-state index contributed by atoms with van der Waals surface area (Å²) in [5.74, 6) is -0.0716. The zero-order valence-corrected chi connectivity index (χ0v) is 17.1. The highest BCUT2D eigenvalue weighted by atomic mass is 19.1. The number of nitrogens with one attached hydrogen (secondary N) is 1. The molecule has 1 N–H and O–H groups in total. The van der Waals surface area contributed by atoms with Gasteiger partial charge in [-0.3, -0.25) is 14.7 Å². The second-order valence-electron chi connectivity index (χ2n) is 6.73. The minimum absolute atomic E-state index is 0.116. The number of carbonyl (C=O) groups is 1. The molecule has 0 fully saturated rings. The van der Waals surface area contributed by atoms with E-state index >= 15 is 0 Å². The number of rotatable bonds is 7. The SMILES string of the molecule is C=c1nc(NC(=O)[C@@H](C)C(C)C)n(/C=C/C=C(F)\C=C/C)/c1=C/C(C)=C\C. The molecule has 0 aromatic carbocycles. The fourth-order valence-corrected chi connectivity index (χ4v) is 2.15. The van der Waals surface area contributed by atoms with Gasteiger partial charge in [0.2, 0.25) is 11.9 Å². The van der Waals surface area contributed by atoms with Gasteiger partial charge in [-0.15, -0.1) is 0 Å². The minimum atomic E-state index is -0.363. The maximum Gasteiger partial charge on any atom is 0.229 e. The van der Waals surface area contributed by atoms with E-state index in [-0.39, 0.29) is 23.6 Å². The van der Waals surface area contributed by atoms with E-state index < -0.39 is 0 Å². The van der Waals surface area contributed by atoms with Crippen molar-refractivity contribution in [3.8, 4) is 0 Å². The van der Waals surface area contributed by atoms with Gasteiger partial charge < -0.3 is 0 Å². The third-order valence-corrected chi connectivity index (χ3v) is 4.31. The van der Waals surface area contributed by atoms with Crippen LogP contribution < -0.4 is 16.0 Å². The number of aromatic nitrogens is 2. The molecule has 5 heteroatoms. The summed E-state index contributed by atoms with van der Waals surface area (Å²) in [6.07, 6.45) is 11.5. The summed E-state index contributed by atoms with van der Waals surface area (Å²) in [4.78, 5) is 16.9. The monoisotopic (exact) mass is 371 g/mol. The number of carbonyl (C=O) groups excluding carboxylic acids is 1. The van der Waals surface area contributed by atoms with E-state index in [0.29, 0.717) is 11.3 Å². The van der Waals surface area contributed by atoms with E-state index in [1.54, 1.807) is 29.8 Å². The van der Waals surface area contributed by atoms with Crippen molar-refractivity contribution in [2.75, 3.05) is 5.32 Å². The molecule has 0 radical (unpaired) electrons. The molecule has 4 nitrogen and oxygen atoms in total. The van der Waals surface area contributed by atoms with E-state index in [1.165, 1.54) is 12.2 Å². The number of allylic oxidation sites excluding steroid dienone is 7. The van der Waals surface area contributed by atoms with Crippen LogP contribution in [0.1, 0.15) is 41.5 Å². The highest BCUT2D eigenvalue weighted by Gasteiger charge is 2.18. The molecule has 0 saturated carbocycles. The van der Waals surface area contributed by atoms with Gasteiger partial charge in [-0.2, -0.15) is 0 Å². The molecule has 0 aliphatic carbocycles. The Morgan fingerprint density at radius 3 is 2.52 bits per heavy atom. The van der Waals surface area contributed by atoms with Gasteiger partial charge in [0.1, 0.15) is 5.83 Å². The van der Waals surface area contributed by atoms with E-state index in [2.05, 4.69) is 16.9 Å². The van der Waals surface area contributed by atoms with Crippen molar-refractivity contribution in [3.63, 3.8) is 0 Å². The van der Waals surface area contributed by atoms with Crippen molar-refractivity contribution < 1.29 is 9.18 Å². The van der Waals surface area contributed by atoms with E-state index in [4.69, 9.17) is 0 Å². The van der Waals surface area contributed by atoms with Crippen LogP contribution in [0.15, 0.2) is 41.8 Å². The third-order valence-electron chi connectivity index (χ3n) is 4.31. The summed E-state index contributed by atoms with van der Waals surface area (Å²) in [7, 11) is 0. The number of anilines is 1. The number of halogens is 1. The van der Waals surface area contributed by atoms with Crippen LogP contribution in [0.3, 0.4) is 0 Å². The molecule has 146 valence electrons. The van der Waals surface area contributed by atoms with Gasteiger partial charge >= 0.3 is 0 Å². The maximum absolute atomic E-state index is 13.6. The molecule has 0 spiro atoms. The van der Waals surface area contributed by atoms with E-state index in [1.807, 2.05) is 46.8 Å². The Labute approximate surface area is 161 Å². The highest BCUT2D eigenvalue weighted by Crippen LogP contribution is 2.12. The molecule has 1 amide bonds. The van der Waals surface area contributed by atoms with E-state index in [0.717, 1.165) is 10.9 Å². The van der Waals surface area contributed by atoms with Crippen LogP contribution in [0, 0.1) is 11.8 Å². The normalized spacial score (nSPS) is 15.3. The van der Waals surface area contributed by atoms with Gasteiger partial charge in [0.15, 0.2) is 0 Å². The molecule has 0 unspecified atom stereocenters. The number of hydrogen-bond acceptors (Lipinski definition) is 2. The Hall–Kier alpha value is -2.69. The summed E-state index contributed by atoms with van der Waals surface area (Å²) in [5.41, 5.74) is 1.03. The van der Waals surface area contributed by atoms with Gasteiger partial charge in [-0.05, 0) is 51.0 Å². The summed E-state index contributed by atoms with van der Waals surface area (Å²) >= 11 is 0. The Morgan fingerprint density at radius 1 is 1.30 bits per heavy atom. The van der Waals surface area contributed by atoms with Gasteiger partial charge in [0.05, 0.1) is 10.7 Å². The van der Waals surface area contributed by atoms with Crippen molar-refractivity contribution in [3.05, 3.63) is 52.5 Å². The Kier molecular flexibility index (Phi) is 8.66. The Bertz CT molecular complexity index is 885. The first-order chi connectivity index (χ1) is 12.7. The molecule has 1 rings (SSSR count). The lowest BCUT2D eigenvalue weighted by atomic mass is 9.97. The van der Waals surface area contributed by atoms with Crippen LogP contribution in [-0.4, -0.2) is 15.5 Å². The predicted octanol–water partition coefficient (Wildman–Crippen LogP) is 4.17. The molecule has 1 aromatic rings. The largest absolute Gasteiger partial charge is 0.295 e. The van der Waals surface area contributed by atoms with Crippen molar-refractivity contribution in [2.24, 2.45) is 11.8 Å². The number of amides is 1. The van der Waals surface area contributed by atoms with Gasteiger partial charge in [-0.25, -0.2) is 9.37 Å². The molecular weight excluding hydrogens is 341 g/mol. The molecule has 0 aliphatic heterocycles. The first-order valence-corrected chi connectivity index (χ1v) is 9.10. The average Bonchev–Trinajstić information content (AvgIpc) is 2.89. The smallest absolute Gasteiger partial charge is 0.229 e. The first-order valence-electron chi connectivity index (χ1n) is 9.10. The summed E-state index contributed by atoms with van der Waals surface area (Å²) in [5, 5.41) is 4.13. The van der Waals surface area contributed by atoms with Crippen LogP contribution in [0.5, 0.6) is 0 Å². The Balaban J connectivity index is 3.44. The van der Waals surface area contributed by atoms with Gasteiger partial charge in [0.25, 0.3) is 0 Å². The maximum atomic E-state index is 13.6. The average molecular weight is 372 g/mol. The van der Waals surface area contributed by atoms with E-state index in [9.17, 15) is 9.18 Å². The topological polar surface area (TPSA) is 46.9 Å². The van der Waals surface area contributed by atoms with Crippen LogP contribution in [0.4, 0.5) is 10.3 Å². The summed E-state index contributed by atoms with van der Waals surface area (Å²) in [6.45, 7) is 15.5. The summed E-state index contributed by atoms with van der Waals surface area (Å²) < 4.78 is 15.3. The second-order valence-corrected chi connectivity index (χ2v) is 6.73. The molecule has 1 heterocycles. The summed E-state index contributed by atoms with van der Waals surface area (Å²) in [6, 6.07) is 0. The van der Waals surface area contributed by atoms with Gasteiger partial charge in [-0.1, -0.05) is 45.1 Å². The second kappa shape index (κ2) is 10.5. The van der Waals surface area contributed by atoms with Crippen LogP contribution >= 0.6 is 0 Å². The number of hydrogen-bond donors (Lipinski definition) is 1.